The van der Waals surface area contributed by atoms with Gasteiger partial charge in [0.05, 0.1) is 12.2 Å². The summed E-state index contributed by atoms with van der Waals surface area (Å²) >= 11 is 1.45. The fourth-order valence-corrected chi connectivity index (χ4v) is 3.84. The van der Waals surface area contributed by atoms with Gasteiger partial charge in [-0.25, -0.2) is 4.98 Å². The predicted octanol–water partition coefficient (Wildman–Crippen LogP) is 2.41. The molecule has 0 saturated carbocycles. The molecule has 0 unspecified atom stereocenters. The van der Waals surface area contributed by atoms with Gasteiger partial charge < -0.3 is 4.90 Å². The maximum Gasteiger partial charge on any atom is 0.275 e. The molecule has 4 rings (SSSR count). The third-order valence-corrected chi connectivity index (χ3v) is 4.90. The largest absolute Gasteiger partial charge is 0.362 e. The lowest BCUT2D eigenvalue weighted by atomic mass is 10.1. The van der Waals surface area contributed by atoms with Crippen LogP contribution in [0.1, 0.15) is 23.2 Å². The van der Waals surface area contributed by atoms with Crippen molar-refractivity contribution in [2.75, 3.05) is 4.90 Å². The molecule has 3 heterocycles. The number of aromatic nitrogens is 3. The minimum absolute atomic E-state index is 0.107. The molecule has 0 amide bonds. The Morgan fingerprint density at radius 1 is 1.36 bits per heavy atom. The van der Waals surface area contributed by atoms with Crippen molar-refractivity contribution in [3.05, 3.63) is 57.0 Å². The minimum atomic E-state index is -0.107. The molecule has 0 spiro atoms. The summed E-state index contributed by atoms with van der Waals surface area (Å²) in [4.78, 5) is 19.8. The van der Waals surface area contributed by atoms with E-state index in [1.54, 1.807) is 6.07 Å². The van der Waals surface area contributed by atoms with Crippen molar-refractivity contribution in [3.63, 3.8) is 0 Å². The Kier molecular flexibility index (Phi) is 3.00. The summed E-state index contributed by atoms with van der Waals surface area (Å²) in [5, 5.41) is 5.03. The molecule has 0 N–H and O–H groups in total. The Balaban J connectivity index is 1.73. The first-order chi connectivity index (χ1) is 10.6. The highest BCUT2D eigenvalue weighted by atomic mass is 32.1. The van der Waals surface area contributed by atoms with E-state index in [9.17, 15) is 4.79 Å². The zero-order valence-corrected chi connectivity index (χ0v) is 13.3. The minimum Gasteiger partial charge on any atom is -0.362 e. The van der Waals surface area contributed by atoms with E-state index in [0.29, 0.717) is 17.5 Å². The molecule has 6 heteroatoms. The van der Waals surface area contributed by atoms with Crippen LogP contribution in [0.3, 0.4) is 0 Å². The summed E-state index contributed by atoms with van der Waals surface area (Å²) in [6, 6.07) is 10.5. The monoisotopic (exact) mass is 312 g/mol. The number of aryl methyl sites for hydroxylation is 1. The van der Waals surface area contributed by atoms with Gasteiger partial charge in [-0.15, -0.1) is 0 Å². The van der Waals surface area contributed by atoms with Crippen LogP contribution in [0.4, 0.5) is 5.69 Å². The number of para-hydroxylation sites is 1. The number of rotatable bonds is 2. The molecule has 22 heavy (non-hydrogen) atoms. The fraction of sp³-hybridized carbons (Fsp3) is 0.312. The number of hydrogen-bond acceptors (Lipinski definition) is 5. The lowest BCUT2D eigenvalue weighted by molar-refractivity contribution is 0.663. The van der Waals surface area contributed by atoms with Crippen LogP contribution in [0.2, 0.25) is 0 Å². The van der Waals surface area contributed by atoms with Gasteiger partial charge in [0.2, 0.25) is 4.96 Å². The van der Waals surface area contributed by atoms with Crippen molar-refractivity contribution in [1.82, 2.24) is 14.6 Å². The van der Waals surface area contributed by atoms with Crippen LogP contribution in [-0.4, -0.2) is 20.6 Å². The van der Waals surface area contributed by atoms with Crippen molar-refractivity contribution in [1.29, 1.82) is 0 Å². The van der Waals surface area contributed by atoms with E-state index >= 15 is 0 Å². The highest BCUT2D eigenvalue weighted by molar-refractivity contribution is 7.16. The Bertz CT molecular complexity index is 914. The maximum absolute atomic E-state index is 12.2. The molecular formula is C16H16N4OS. The Labute approximate surface area is 131 Å². The van der Waals surface area contributed by atoms with Crippen molar-refractivity contribution < 1.29 is 0 Å². The summed E-state index contributed by atoms with van der Waals surface area (Å²) in [7, 11) is 0. The molecule has 1 aliphatic heterocycles. The van der Waals surface area contributed by atoms with E-state index in [2.05, 4.69) is 46.2 Å². The topological polar surface area (TPSA) is 50.5 Å². The first-order valence-corrected chi connectivity index (χ1v) is 8.14. The quantitative estimate of drug-likeness (QED) is 0.729. The average Bonchev–Trinajstić information content (AvgIpc) is 3.00. The number of benzene rings is 1. The SMILES string of the molecule is Cc1nn2c(=O)cc(CN3c4ccccc4C[C@@H]3C)nc2s1. The van der Waals surface area contributed by atoms with Gasteiger partial charge >= 0.3 is 0 Å². The Morgan fingerprint density at radius 2 is 2.18 bits per heavy atom. The van der Waals surface area contributed by atoms with Gasteiger partial charge in [-0.05, 0) is 31.9 Å². The number of nitrogens with zero attached hydrogens (tertiary/aromatic N) is 4. The smallest absolute Gasteiger partial charge is 0.275 e. The van der Waals surface area contributed by atoms with Gasteiger partial charge in [-0.2, -0.15) is 9.61 Å². The van der Waals surface area contributed by atoms with Gasteiger partial charge in [0.15, 0.2) is 0 Å². The predicted molar refractivity (Wildman–Crippen MR) is 87.7 cm³/mol. The summed E-state index contributed by atoms with van der Waals surface area (Å²) in [5.41, 5.74) is 3.31. The summed E-state index contributed by atoms with van der Waals surface area (Å²) in [6.07, 6.45) is 1.04. The Morgan fingerprint density at radius 3 is 3.05 bits per heavy atom. The third-order valence-electron chi connectivity index (χ3n) is 4.08. The van der Waals surface area contributed by atoms with Crippen molar-refractivity contribution in [2.45, 2.75) is 32.9 Å². The van der Waals surface area contributed by atoms with Crippen molar-refractivity contribution in [3.8, 4) is 0 Å². The summed E-state index contributed by atoms with van der Waals surface area (Å²) in [5.74, 6) is 0. The Hall–Kier alpha value is -2.21. The van der Waals surface area contributed by atoms with E-state index in [0.717, 1.165) is 17.1 Å². The van der Waals surface area contributed by atoms with Gasteiger partial charge in [-0.1, -0.05) is 29.5 Å². The highest BCUT2D eigenvalue weighted by Gasteiger charge is 2.26. The summed E-state index contributed by atoms with van der Waals surface area (Å²) < 4.78 is 1.38. The van der Waals surface area contributed by atoms with Crippen LogP contribution >= 0.6 is 11.3 Å². The maximum atomic E-state index is 12.2. The molecule has 0 fully saturated rings. The second kappa shape index (κ2) is 4.91. The standard InChI is InChI=1S/C16H16N4OS/c1-10-7-12-5-3-4-6-14(12)19(10)9-13-8-15(21)20-16(17-13)22-11(2)18-20/h3-6,8,10H,7,9H2,1-2H3/t10-/m0/s1. The van der Waals surface area contributed by atoms with E-state index < -0.39 is 0 Å². The van der Waals surface area contributed by atoms with Gasteiger partial charge in [0.25, 0.3) is 5.56 Å². The molecule has 2 aromatic heterocycles. The number of anilines is 1. The van der Waals surface area contributed by atoms with E-state index in [1.165, 1.54) is 27.1 Å². The molecule has 0 saturated heterocycles. The molecule has 0 aliphatic carbocycles. The number of hydrogen-bond donors (Lipinski definition) is 0. The van der Waals surface area contributed by atoms with Gasteiger partial charge in [-0.3, -0.25) is 4.79 Å². The molecule has 3 aromatic rings. The zero-order chi connectivity index (χ0) is 15.3. The van der Waals surface area contributed by atoms with Crippen molar-refractivity contribution in [2.24, 2.45) is 0 Å². The van der Waals surface area contributed by atoms with Crippen LogP contribution in [0.5, 0.6) is 0 Å². The number of fused-ring (bicyclic) bond motifs is 2. The first-order valence-electron chi connectivity index (χ1n) is 7.33. The molecule has 112 valence electrons. The average molecular weight is 312 g/mol. The molecule has 5 nitrogen and oxygen atoms in total. The van der Waals surface area contributed by atoms with Gasteiger partial charge in [0, 0.05) is 17.8 Å². The zero-order valence-electron chi connectivity index (χ0n) is 12.5. The second-order valence-electron chi connectivity index (χ2n) is 5.71. The summed E-state index contributed by atoms with van der Waals surface area (Å²) in [6.45, 7) is 4.75. The van der Waals surface area contributed by atoms with Gasteiger partial charge in [0.1, 0.15) is 5.01 Å². The molecule has 1 atom stereocenters. The van der Waals surface area contributed by atoms with Crippen molar-refractivity contribution >= 4 is 22.0 Å². The third kappa shape index (κ3) is 2.11. The van der Waals surface area contributed by atoms with Crippen LogP contribution < -0.4 is 10.5 Å². The van der Waals surface area contributed by atoms with E-state index in [1.807, 2.05) is 6.92 Å². The molecule has 1 aliphatic rings. The van der Waals surface area contributed by atoms with Crippen LogP contribution in [-0.2, 0) is 13.0 Å². The molecule has 1 aromatic carbocycles. The van der Waals surface area contributed by atoms with E-state index in [-0.39, 0.29) is 5.56 Å². The fourth-order valence-electron chi connectivity index (χ4n) is 3.08. The van der Waals surface area contributed by atoms with Crippen LogP contribution in [0, 0.1) is 6.92 Å². The lowest BCUT2D eigenvalue weighted by Crippen LogP contribution is -2.30. The van der Waals surface area contributed by atoms with Crippen LogP contribution in [0.15, 0.2) is 35.1 Å². The normalized spacial score (nSPS) is 17.2. The lowest BCUT2D eigenvalue weighted by Gasteiger charge is -2.24. The van der Waals surface area contributed by atoms with E-state index in [4.69, 9.17) is 0 Å². The molecular weight excluding hydrogens is 296 g/mol. The molecule has 0 bridgehead atoms. The molecule has 0 radical (unpaired) electrons. The highest BCUT2D eigenvalue weighted by Crippen LogP contribution is 2.32. The first kappa shape index (κ1) is 13.5. The second-order valence-corrected chi connectivity index (χ2v) is 6.87. The van der Waals surface area contributed by atoms with Crippen LogP contribution in [0.25, 0.3) is 4.96 Å².